The van der Waals surface area contributed by atoms with Crippen molar-refractivity contribution in [3.63, 3.8) is 0 Å². The maximum absolute atomic E-state index is 13.6. The van der Waals surface area contributed by atoms with Crippen LogP contribution >= 0.6 is 11.6 Å². The van der Waals surface area contributed by atoms with Gasteiger partial charge in [0.2, 0.25) is 5.91 Å². The highest BCUT2D eigenvalue weighted by Crippen LogP contribution is 2.18. The van der Waals surface area contributed by atoms with E-state index in [9.17, 15) is 14.0 Å². The summed E-state index contributed by atoms with van der Waals surface area (Å²) in [4.78, 5) is 26.7. The van der Waals surface area contributed by atoms with Gasteiger partial charge in [0.05, 0.1) is 6.42 Å². The van der Waals surface area contributed by atoms with Gasteiger partial charge in [-0.25, -0.2) is 4.39 Å². The van der Waals surface area contributed by atoms with Gasteiger partial charge in [0.25, 0.3) is 5.91 Å². The van der Waals surface area contributed by atoms with Crippen LogP contribution in [0, 0.1) is 5.82 Å². The van der Waals surface area contributed by atoms with Crippen LogP contribution in [0.5, 0.6) is 0 Å². The normalized spacial score (nSPS) is 10.6. The summed E-state index contributed by atoms with van der Waals surface area (Å²) < 4.78 is 13.6. The Morgan fingerprint density at radius 2 is 1.83 bits per heavy atom. The molecule has 0 aliphatic rings. The third kappa shape index (κ3) is 3.55. The number of carbonyl (C=O) groups is 2. The number of fused-ring (bicyclic) bond motifs is 1. The highest BCUT2D eigenvalue weighted by Gasteiger charge is 2.12. The molecule has 1 aromatic heterocycles. The van der Waals surface area contributed by atoms with Crippen LogP contribution in [0.4, 0.5) is 4.39 Å². The van der Waals surface area contributed by atoms with Crippen molar-refractivity contribution in [3.05, 3.63) is 70.6 Å². The van der Waals surface area contributed by atoms with E-state index < -0.39 is 11.7 Å². The number of hydrogen-bond acceptors (Lipinski definition) is 2. The predicted molar refractivity (Wildman–Crippen MR) is 89.0 cm³/mol. The summed E-state index contributed by atoms with van der Waals surface area (Å²) in [6.45, 7) is 0. The molecular weight excluding hydrogens is 333 g/mol. The molecule has 0 fully saturated rings. The second-order valence-corrected chi connectivity index (χ2v) is 5.63. The molecule has 0 saturated carbocycles. The molecule has 1 heterocycles. The summed E-state index contributed by atoms with van der Waals surface area (Å²) in [5.41, 5.74) is 6.03. The zero-order chi connectivity index (χ0) is 17.1. The summed E-state index contributed by atoms with van der Waals surface area (Å²) in [7, 11) is 0. The number of carbonyl (C=O) groups excluding carboxylic acids is 2. The smallest absolute Gasteiger partial charge is 0.286 e. The van der Waals surface area contributed by atoms with Gasteiger partial charge in [-0.2, -0.15) is 0 Å². The minimum atomic E-state index is -0.560. The first-order chi connectivity index (χ1) is 11.5. The van der Waals surface area contributed by atoms with Crippen molar-refractivity contribution in [2.45, 2.75) is 6.42 Å². The van der Waals surface area contributed by atoms with E-state index in [1.807, 2.05) is 0 Å². The standard InChI is InChI=1S/C17H13ClFN3O2/c18-11-6-4-10(5-7-11)8-16(23)21-22-17(24)15-9-12-13(19)2-1-3-14(12)20-15/h1-7,9,20H,8H2,(H,21,23)(H,22,24). The molecule has 2 amide bonds. The van der Waals surface area contributed by atoms with Crippen LogP contribution in [0.25, 0.3) is 10.9 Å². The molecule has 0 unspecified atom stereocenters. The minimum Gasteiger partial charge on any atom is -0.350 e. The Morgan fingerprint density at radius 3 is 2.54 bits per heavy atom. The molecule has 0 aliphatic heterocycles. The van der Waals surface area contributed by atoms with Gasteiger partial charge in [0.15, 0.2) is 0 Å². The molecule has 5 nitrogen and oxygen atoms in total. The molecule has 3 aromatic rings. The van der Waals surface area contributed by atoms with E-state index in [4.69, 9.17) is 11.6 Å². The van der Waals surface area contributed by atoms with Crippen molar-refractivity contribution in [2.24, 2.45) is 0 Å². The van der Waals surface area contributed by atoms with E-state index in [1.54, 1.807) is 36.4 Å². The first kappa shape index (κ1) is 16.0. The van der Waals surface area contributed by atoms with Gasteiger partial charge >= 0.3 is 0 Å². The van der Waals surface area contributed by atoms with Crippen LogP contribution in [0.3, 0.4) is 0 Å². The molecule has 24 heavy (non-hydrogen) atoms. The van der Waals surface area contributed by atoms with Crippen LogP contribution < -0.4 is 10.9 Å². The number of H-pyrrole nitrogens is 1. The molecule has 0 radical (unpaired) electrons. The van der Waals surface area contributed by atoms with Crippen molar-refractivity contribution in [1.82, 2.24) is 15.8 Å². The molecule has 0 spiro atoms. The molecule has 3 rings (SSSR count). The molecule has 0 aliphatic carbocycles. The third-order valence-corrected chi connectivity index (χ3v) is 3.70. The first-order valence-corrected chi connectivity index (χ1v) is 7.51. The van der Waals surface area contributed by atoms with Crippen molar-refractivity contribution in [1.29, 1.82) is 0 Å². The number of hydrazine groups is 1. The molecule has 122 valence electrons. The zero-order valence-electron chi connectivity index (χ0n) is 12.4. The lowest BCUT2D eigenvalue weighted by atomic mass is 10.1. The zero-order valence-corrected chi connectivity index (χ0v) is 13.2. The number of aromatic amines is 1. The van der Waals surface area contributed by atoms with E-state index in [0.29, 0.717) is 15.9 Å². The third-order valence-electron chi connectivity index (χ3n) is 3.45. The second-order valence-electron chi connectivity index (χ2n) is 5.19. The fraction of sp³-hybridized carbons (Fsp3) is 0.0588. The molecular formula is C17H13ClFN3O2. The lowest BCUT2D eigenvalue weighted by Crippen LogP contribution is -2.42. The summed E-state index contributed by atoms with van der Waals surface area (Å²) >= 11 is 5.78. The number of halogens is 2. The number of rotatable bonds is 3. The van der Waals surface area contributed by atoms with Crippen LogP contribution in [0.2, 0.25) is 5.02 Å². The van der Waals surface area contributed by atoms with E-state index in [0.717, 1.165) is 5.56 Å². The maximum Gasteiger partial charge on any atom is 0.286 e. The van der Waals surface area contributed by atoms with Crippen molar-refractivity contribution >= 4 is 34.3 Å². The lowest BCUT2D eigenvalue weighted by Gasteiger charge is -2.06. The first-order valence-electron chi connectivity index (χ1n) is 7.14. The van der Waals surface area contributed by atoms with Gasteiger partial charge < -0.3 is 4.98 Å². The quantitative estimate of drug-likeness (QED) is 0.638. The minimum absolute atomic E-state index is 0.0960. The fourth-order valence-electron chi connectivity index (χ4n) is 2.27. The Hall–Kier alpha value is -2.86. The van der Waals surface area contributed by atoms with E-state index in [-0.39, 0.29) is 18.0 Å². The van der Waals surface area contributed by atoms with Crippen molar-refractivity contribution in [3.8, 4) is 0 Å². The monoisotopic (exact) mass is 345 g/mol. The topological polar surface area (TPSA) is 74.0 Å². The Balaban J connectivity index is 1.60. The van der Waals surface area contributed by atoms with Crippen molar-refractivity contribution < 1.29 is 14.0 Å². The predicted octanol–water partition coefficient (Wildman–Crippen LogP) is 2.96. The summed E-state index contributed by atoms with van der Waals surface area (Å²) in [5, 5.41) is 0.897. The lowest BCUT2D eigenvalue weighted by molar-refractivity contribution is -0.121. The summed E-state index contributed by atoms with van der Waals surface area (Å²) in [5.74, 6) is -1.36. The number of aromatic nitrogens is 1. The molecule has 0 saturated heterocycles. The fourth-order valence-corrected chi connectivity index (χ4v) is 2.39. The van der Waals surface area contributed by atoms with E-state index >= 15 is 0 Å². The largest absolute Gasteiger partial charge is 0.350 e. The van der Waals surface area contributed by atoms with Gasteiger partial charge in [0, 0.05) is 15.9 Å². The van der Waals surface area contributed by atoms with Gasteiger partial charge in [0.1, 0.15) is 11.5 Å². The van der Waals surface area contributed by atoms with Gasteiger partial charge in [-0.1, -0.05) is 29.8 Å². The summed E-state index contributed by atoms with van der Waals surface area (Å²) in [6, 6.07) is 12.7. The highest BCUT2D eigenvalue weighted by atomic mass is 35.5. The van der Waals surface area contributed by atoms with Crippen LogP contribution in [0.1, 0.15) is 16.1 Å². The number of benzene rings is 2. The Labute approximate surface area is 141 Å². The van der Waals surface area contributed by atoms with E-state index in [2.05, 4.69) is 15.8 Å². The average Bonchev–Trinajstić information content (AvgIpc) is 3.00. The van der Waals surface area contributed by atoms with Gasteiger partial charge in [-0.3, -0.25) is 20.4 Å². The molecule has 7 heteroatoms. The highest BCUT2D eigenvalue weighted by molar-refractivity contribution is 6.30. The van der Waals surface area contributed by atoms with Gasteiger partial charge in [-0.05, 0) is 35.9 Å². The van der Waals surface area contributed by atoms with Gasteiger partial charge in [-0.15, -0.1) is 0 Å². The SMILES string of the molecule is O=C(Cc1ccc(Cl)cc1)NNC(=O)c1cc2c(F)cccc2[nH]1. The maximum atomic E-state index is 13.6. The molecule has 3 N–H and O–H groups in total. The molecule has 2 aromatic carbocycles. The molecule has 0 atom stereocenters. The van der Waals surface area contributed by atoms with Crippen LogP contribution in [-0.2, 0) is 11.2 Å². The number of hydrogen-bond donors (Lipinski definition) is 3. The van der Waals surface area contributed by atoms with Crippen LogP contribution in [-0.4, -0.2) is 16.8 Å². The average molecular weight is 346 g/mol. The number of amides is 2. The Kier molecular flexibility index (Phi) is 4.48. The van der Waals surface area contributed by atoms with Crippen LogP contribution in [0.15, 0.2) is 48.5 Å². The number of nitrogens with one attached hydrogen (secondary N) is 3. The van der Waals surface area contributed by atoms with E-state index in [1.165, 1.54) is 12.1 Å². The Morgan fingerprint density at radius 1 is 1.08 bits per heavy atom. The molecule has 0 bridgehead atoms. The van der Waals surface area contributed by atoms with Crippen molar-refractivity contribution in [2.75, 3.05) is 0 Å². The second kappa shape index (κ2) is 6.72. The summed E-state index contributed by atoms with van der Waals surface area (Å²) in [6.07, 6.45) is 0.0960. The Bertz CT molecular complexity index is 906.